The summed E-state index contributed by atoms with van der Waals surface area (Å²) >= 11 is 0. The van der Waals surface area contributed by atoms with Crippen molar-refractivity contribution in [2.45, 2.75) is 45.4 Å². The SMILES string of the molecule is Cc1ccc(C(=O)NC2CCN(C[C@H](O)c3ccc4c(c3C)COC4=O)CC2)nn1. The average molecular weight is 410 g/mol. The maximum absolute atomic E-state index is 12.3. The molecular weight excluding hydrogens is 384 g/mol. The number of β-amino-alcohol motifs (C(OH)–C–C–N with tert-alkyl or cyclic N) is 1. The van der Waals surface area contributed by atoms with Crippen molar-refractivity contribution < 1.29 is 19.4 Å². The third-order valence-electron chi connectivity index (χ3n) is 5.95. The molecular formula is C22H26N4O4. The quantitative estimate of drug-likeness (QED) is 0.723. The Bertz CT molecular complexity index is 952. The number of piperidine rings is 1. The van der Waals surface area contributed by atoms with E-state index in [9.17, 15) is 14.7 Å². The Balaban J connectivity index is 1.30. The van der Waals surface area contributed by atoms with Gasteiger partial charge in [-0.2, -0.15) is 5.10 Å². The number of cyclic esters (lactones) is 1. The maximum Gasteiger partial charge on any atom is 0.338 e. The highest BCUT2D eigenvalue weighted by Gasteiger charge is 2.27. The van der Waals surface area contributed by atoms with Crippen LogP contribution < -0.4 is 5.32 Å². The molecule has 158 valence electrons. The number of esters is 1. The van der Waals surface area contributed by atoms with Gasteiger partial charge in [0.15, 0.2) is 5.69 Å². The minimum Gasteiger partial charge on any atom is -0.457 e. The number of aromatic nitrogens is 2. The van der Waals surface area contributed by atoms with Crippen LogP contribution in [0, 0.1) is 13.8 Å². The smallest absolute Gasteiger partial charge is 0.338 e. The molecule has 1 fully saturated rings. The van der Waals surface area contributed by atoms with Crippen LogP contribution in [0.3, 0.4) is 0 Å². The molecule has 0 spiro atoms. The number of carbonyl (C=O) groups excluding carboxylic acids is 2. The summed E-state index contributed by atoms with van der Waals surface area (Å²) in [5.74, 6) is -0.499. The second-order valence-corrected chi connectivity index (χ2v) is 8.01. The van der Waals surface area contributed by atoms with E-state index in [1.54, 1.807) is 18.2 Å². The summed E-state index contributed by atoms with van der Waals surface area (Å²) in [6.07, 6.45) is 0.979. The van der Waals surface area contributed by atoms with Crippen LogP contribution in [0.4, 0.5) is 0 Å². The molecule has 0 aliphatic carbocycles. The van der Waals surface area contributed by atoms with Gasteiger partial charge in [0.1, 0.15) is 6.61 Å². The van der Waals surface area contributed by atoms with Gasteiger partial charge in [-0.25, -0.2) is 4.79 Å². The number of fused-ring (bicyclic) bond motifs is 1. The summed E-state index contributed by atoms with van der Waals surface area (Å²) in [5, 5.41) is 21.7. The summed E-state index contributed by atoms with van der Waals surface area (Å²) in [6.45, 7) is 6.11. The molecule has 3 heterocycles. The largest absolute Gasteiger partial charge is 0.457 e. The number of nitrogens with one attached hydrogen (secondary N) is 1. The minimum atomic E-state index is -0.639. The number of aryl methyl sites for hydroxylation is 1. The lowest BCUT2D eigenvalue weighted by Gasteiger charge is -2.33. The van der Waals surface area contributed by atoms with Crippen molar-refractivity contribution in [3.63, 3.8) is 0 Å². The molecule has 2 N–H and O–H groups in total. The normalized spacial score (nSPS) is 18.0. The van der Waals surface area contributed by atoms with Crippen molar-refractivity contribution >= 4 is 11.9 Å². The molecule has 4 rings (SSSR count). The van der Waals surface area contributed by atoms with Crippen LogP contribution in [-0.2, 0) is 11.3 Å². The molecule has 1 atom stereocenters. The average Bonchev–Trinajstić information content (AvgIpc) is 3.12. The van der Waals surface area contributed by atoms with Crippen LogP contribution in [-0.4, -0.2) is 57.8 Å². The zero-order valence-electron chi connectivity index (χ0n) is 17.2. The predicted molar refractivity (Wildman–Crippen MR) is 109 cm³/mol. The first kappa shape index (κ1) is 20.4. The van der Waals surface area contributed by atoms with Crippen LogP contribution in [0.25, 0.3) is 0 Å². The van der Waals surface area contributed by atoms with Crippen LogP contribution in [0.15, 0.2) is 24.3 Å². The lowest BCUT2D eigenvalue weighted by molar-refractivity contribution is 0.0534. The maximum atomic E-state index is 12.3. The van der Waals surface area contributed by atoms with Crippen molar-refractivity contribution in [1.82, 2.24) is 20.4 Å². The number of aliphatic hydroxyl groups excluding tert-OH is 1. The number of hydrogen-bond acceptors (Lipinski definition) is 7. The zero-order chi connectivity index (χ0) is 21.3. The Morgan fingerprint density at radius 1 is 1.23 bits per heavy atom. The third-order valence-corrected chi connectivity index (χ3v) is 5.95. The van der Waals surface area contributed by atoms with Gasteiger partial charge >= 0.3 is 5.97 Å². The highest BCUT2D eigenvalue weighted by molar-refractivity contribution is 5.94. The van der Waals surface area contributed by atoms with Crippen molar-refractivity contribution in [2.75, 3.05) is 19.6 Å². The van der Waals surface area contributed by atoms with E-state index in [0.717, 1.165) is 48.3 Å². The summed E-state index contributed by atoms with van der Waals surface area (Å²) in [4.78, 5) is 26.2. The number of aliphatic hydroxyl groups is 1. The first-order valence-electron chi connectivity index (χ1n) is 10.2. The first-order valence-corrected chi connectivity index (χ1v) is 10.2. The summed E-state index contributed by atoms with van der Waals surface area (Å²) in [7, 11) is 0. The highest BCUT2D eigenvalue weighted by atomic mass is 16.5. The van der Waals surface area contributed by atoms with Crippen molar-refractivity contribution in [1.29, 1.82) is 0 Å². The molecule has 1 amide bonds. The third kappa shape index (κ3) is 4.20. The van der Waals surface area contributed by atoms with Gasteiger partial charge in [0.25, 0.3) is 5.91 Å². The Kier molecular flexibility index (Phi) is 5.78. The lowest BCUT2D eigenvalue weighted by atomic mass is 9.94. The molecule has 0 unspecified atom stereocenters. The number of hydrogen-bond donors (Lipinski definition) is 2. The molecule has 2 aliphatic heterocycles. The first-order chi connectivity index (χ1) is 14.4. The topological polar surface area (TPSA) is 105 Å². The van der Waals surface area contributed by atoms with Crippen molar-refractivity contribution in [3.05, 3.63) is 57.9 Å². The van der Waals surface area contributed by atoms with Gasteiger partial charge in [-0.15, -0.1) is 5.10 Å². The molecule has 30 heavy (non-hydrogen) atoms. The minimum absolute atomic E-state index is 0.0823. The second kappa shape index (κ2) is 8.49. The van der Waals surface area contributed by atoms with Gasteiger partial charge in [-0.05, 0) is 56.0 Å². The summed E-state index contributed by atoms with van der Waals surface area (Å²) in [6, 6.07) is 7.10. The zero-order valence-corrected chi connectivity index (χ0v) is 17.2. The van der Waals surface area contributed by atoms with E-state index in [1.807, 2.05) is 19.9 Å². The number of carbonyl (C=O) groups is 2. The van der Waals surface area contributed by atoms with Gasteiger partial charge in [-0.3, -0.25) is 4.79 Å². The molecule has 8 nitrogen and oxygen atoms in total. The van der Waals surface area contributed by atoms with Crippen LogP contribution in [0.5, 0.6) is 0 Å². The molecule has 0 radical (unpaired) electrons. The molecule has 1 saturated heterocycles. The van der Waals surface area contributed by atoms with Crippen LogP contribution in [0.1, 0.15) is 62.2 Å². The fourth-order valence-electron chi connectivity index (χ4n) is 4.11. The number of rotatable bonds is 5. The molecule has 0 bridgehead atoms. The standard InChI is InChI=1S/C22H26N4O4/c1-13-3-6-19(25-24-13)21(28)23-15-7-9-26(10-8-15)11-20(27)16-4-5-17-18(14(16)2)12-30-22(17)29/h3-6,15,20,27H,7-12H2,1-2H3,(H,23,28)/t20-/m0/s1. The van der Waals surface area contributed by atoms with Gasteiger partial charge in [0.05, 0.1) is 17.4 Å². The lowest BCUT2D eigenvalue weighted by Crippen LogP contribution is -2.45. The monoisotopic (exact) mass is 410 g/mol. The predicted octanol–water partition coefficient (Wildman–Crippen LogP) is 1.69. The van der Waals surface area contributed by atoms with Gasteiger partial charge in [-0.1, -0.05) is 6.07 Å². The van der Waals surface area contributed by atoms with Crippen LogP contribution >= 0.6 is 0 Å². The van der Waals surface area contributed by atoms with E-state index in [2.05, 4.69) is 20.4 Å². The van der Waals surface area contributed by atoms with E-state index in [1.165, 1.54) is 0 Å². The Labute approximate surface area is 175 Å². The fraction of sp³-hybridized carbons (Fsp3) is 0.455. The van der Waals surface area contributed by atoms with Crippen molar-refractivity contribution in [2.24, 2.45) is 0 Å². The van der Waals surface area contributed by atoms with Gasteiger partial charge in [0, 0.05) is 31.2 Å². The number of amides is 1. The highest BCUT2D eigenvalue weighted by Crippen LogP contribution is 2.29. The fourth-order valence-corrected chi connectivity index (χ4v) is 4.11. The molecule has 8 heteroatoms. The van der Waals surface area contributed by atoms with Gasteiger partial charge in [0.2, 0.25) is 0 Å². The molecule has 2 aromatic rings. The van der Waals surface area contributed by atoms with Crippen molar-refractivity contribution in [3.8, 4) is 0 Å². The molecule has 1 aromatic heterocycles. The van der Waals surface area contributed by atoms with E-state index < -0.39 is 6.10 Å². The van der Waals surface area contributed by atoms with Gasteiger partial charge < -0.3 is 20.1 Å². The molecule has 1 aromatic carbocycles. The number of ether oxygens (including phenoxy) is 1. The van der Waals surface area contributed by atoms with Crippen LogP contribution in [0.2, 0.25) is 0 Å². The Morgan fingerprint density at radius 2 is 2.00 bits per heavy atom. The number of benzene rings is 1. The van der Waals surface area contributed by atoms with E-state index >= 15 is 0 Å². The van der Waals surface area contributed by atoms with E-state index in [0.29, 0.717) is 17.8 Å². The number of likely N-dealkylation sites (tertiary alicyclic amines) is 1. The summed E-state index contributed by atoms with van der Waals surface area (Å²) in [5.41, 5.74) is 4.33. The van der Waals surface area contributed by atoms with E-state index in [-0.39, 0.29) is 24.5 Å². The Hall–Kier alpha value is -2.84. The molecule has 0 saturated carbocycles. The van der Waals surface area contributed by atoms with E-state index in [4.69, 9.17) is 4.74 Å². The molecule has 2 aliphatic rings. The Morgan fingerprint density at radius 3 is 2.70 bits per heavy atom. The summed E-state index contributed by atoms with van der Waals surface area (Å²) < 4.78 is 5.10. The number of nitrogens with zero attached hydrogens (tertiary/aromatic N) is 3. The second-order valence-electron chi connectivity index (χ2n) is 8.01.